The molecule has 106 valence electrons. The molecule has 0 radical (unpaired) electrons. The minimum atomic E-state index is -4.39. The zero-order valence-electron chi connectivity index (χ0n) is 10.4. The van der Waals surface area contributed by atoms with Crippen LogP contribution in [0, 0.1) is 0 Å². The standard InChI is InChI=1S/C11H19F3N2O2/c1-2-5-16-6-3-10(4-7-16,9(17)18)15-8-11(12,13)14/h15H,2-8H2,1H3,(H,17,18). The first-order valence-electron chi connectivity index (χ1n) is 6.06. The molecule has 0 spiro atoms. The number of rotatable bonds is 5. The van der Waals surface area contributed by atoms with E-state index in [0.29, 0.717) is 13.1 Å². The van der Waals surface area contributed by atoms with Gasteiger partial charge in [0.05, 0.1) is 6.54 Å². The van der Waals surface area contributed by atoms with Gasteiger partial charge in [0.25, 0.3) is 0 Å². The highest BCUT2D eigenvalue weighted by Gasteiger charge is 2.43. The first-order valence-corrected chi connectivity index (χ1v) is 6.06. The molecule has 0 atom stereocenters. The number of carbonyl (C=O) groups is 1. The van der Waals surface area contributed by atoms with E-state index in [4.69, 9.17) is 5.11 Å². The predicted molar refractivity (Wildman–Crippen MR) is 60.4 cm³/mol. The van der Waals surface area contributed by atoms with Crippen molar-refractivity contribution in [2.24, 2.45) is 0 Å². The fourth-order valence-electron chi connectivity index (χ4n) is 2.21. The molecule has 2 N–H and O–H groups in total. The smallest absolute Gasteiger partial charge is 0.401 e. The van der Waals surface area contributed by atoms with Crippen LogP contribution in [-0.4, -0.2) is 53.9 Å². The summed E-state index contributed by atoms with van der Waals surface area (Å²) in [5.41, 5.74) is -1.43. The van der Waals surface area contributed by atoms with E-state index < -0.39 is 24.2 Å². The van der Waals surface area contributed by atoms with E-state index in [-0.39, 0.29) is 12.8 Å². The molecular formula is C11H19F3N2O2. The maximum Gasteiger partial charge on any atom is 0.401 e. The molecule has 0 aromatic heterocycles. The quantitative estimate of drug-likeness (QED) is 0.793. The maximum atomic E-state index is 12.2. The van der Waals surface area contributed by atoms with Gasteiger partial charge in [-0.2, -0.15) is 13.2 Å². The average Bonchev–Trinajstić information content (AvgIpc) is 2.27. The van der Waals surface area contributed by atoms with E-state index >= 15 is 0 Å². The molecule has 0 saturated carbocycles. The number of piperidine rings is 1. The lowest BCUT2D eigenvalue weighted by Gasteiger charge is -2.39. The minimum absolute atomic E-state index is 0.207. The number of alkyl halides is 3. The molecular weight excluding hydrogens is 249 g/mol. The van der Waals surface area contributed by atoms with Crippen molar-refractivity contribution in [1.29, 1.82) is 0 Å². The Kier molecular flexibility index (Phi) is 4.98. The summed E-state index contributed by atoms with van der Waals surface area (Å²) in [4.78, 5) is 13.3. The van der Waals surface area contributed by atoms with Crippen molar-refractivity contribution in [3.8, 4) is 0 Å². The van der Waals surface area contributed by atoms with Crippen molar-refractivity contribution < 1.29 is 23.1 Å². The zero-order chi connectivity index (χ0) is 13.8. The largest absolute Gasteiger partial charge is 0.480 e. The summed E-state index contributed by atoms with van der Waals surface area (Å²) in [6.07, 6.45) is -3.02. The SMILES string of the molecule is CCCN1CCC(NCC(F)(F)F)(C(=O)O)CC1. The van der Waals surface area contributed by atoms with Gasteiger partial charge in [0.1, 0.15) is 5.54 Å². The third-order valence-electron chi connectivity index (χ3n) is 3.29. The fourth-order valence-corrected chi connectivity index (χ4v) is 2.21. The number of nitrogens with zero attached hydrogens (tertiary/aromatic N) is 1. The Labute approximate surface area is 104 Å². The van der Waals surface area contributed by atoms with Gasteiger partial charge >= 0.3 is 12.1 Å². The monoisotopic (exact) mass is 268 g/mol. The van der Waals surface area contributed by atoms with E-state index in [1.54, 1.807) is 0 Å². The summed E-state index contributed by atoms with van der Waals surface area (Å²) in [5, 5.41) is 11.3. The Morgan fingerprint density at radius 3 is 2.33 bits per heavy atom. The highest BCUT2D eigenvalue weighted by Crippen LogP contribution is 2.24. The van der Waals surface area contributed by atoms with Crippen LogP contribution in [0.25, 0.3) is 0 Å². The lowest BCUT2D eigenvalue weighted by Crippen LogP contribution is -2.60. The molecule has 1 saturated heterocycles. The molecule has 4 nitrogen and oxygen atoms in total. The Balaban J connectivity index is 2.59. The summed E-state index contributed by atoms with van der Waals surface area (Å²) in [5.74, 6) is -1.19. The molecule has 1 aliphatic heterocycles. The third-order valence-corrected chi connectivity index (χ3v) is 3.29. The third kappa shape index (κ3) is 4.13. The van der Waals surface area contributed by atoms with Crippen LogP contribution in [0.15, 0.2) is 0 Å². The van der Waals surface area contributed by atoms with Gasteiger partial charge in [-0.25, -0.2) is 0 Å². The van der Waals surface area contributed by atoms with Gasteiger partial charge in [-0.15, -0.1) is 0 Å². The molecule has 1 aliphatic rings. The lowest BCUT2D eigenvalue weighted by atomic mass is 9.87. The van der Waals surface area contributed by atoms with Crippen LogP contribution >= 0.6 is 0 Å². The second-order valence-corrected chi connectivity index (χ2v) is 4.70. The molecule has 0 bridgehead atoms. The number of nitrogens with one attached hydrogen (secondary N) is 1. The Morgan fingerprint density at radius 1 is 1.39 bits per heavy atom. The molecule has 0 aromatic carbocycles. The molecule has 18 heavy (non-hydrogen) atoms. The molecule has 7 heteroatoms. The number of aliphatic carboxylic acids is 1. The highest BCUT2D eigenvalue weighted by atomic mass is 19.4. The number of hydrogen-bond donors (Lipinski definition) is 2. The van der Waals surface area contributed by atoms with E-state index in [0.717, 1.165) is 13.0 Å². The van der Waals surface area contributed by atoms with Crippen molar-refractivity contribution in [2.75, 3.05) is 26.2 Å². The molecule has 0 amide bonds. The Bertz CT molecular complexity index is 287. The number of carboxylic acids is 1. The van der Waals surface area contributed by atoms with Crippen LogP contribution < -0.4 is 5.32 Å². The Hall–Kier alpha value is -0.820. The van der Waals surface area contributed by atoms with Gasteiger partial charge in [-0.1, -0.05) is 6.92 Å². The highest BCUT2D eigenvalue weighted by molar-refractivity contribution is 5.79. The van der Waals surface area contributed by atoms with Crippen LogP contribution in [0.1, 0.15) is 26.2 Å². The summed E-state index contributed by atoms with van der Waals surface area (Å²) >= 11 is 0. The molecule has 0 aromatic rings. The zero-order valence-corrected chi connectivity index (χ0v) is 10.4. The topological polar surface area (TPSA) is 52.6 Å². The van der Waals surface area contributed by atoms with E-state index in [9.17, 15) is 18.0 Å². The first kappa shape index (κ1) is 15.2. The molecule has 0 aliphatic carbocycles. The van der Waals surface area contributed by atoms with Crippen LogP contribution in [0.3, 0.4) is 0 Å². The van der Waals surface area contributed by atoms with Crippen molar-refractivity contribution in [3.63, 3.8) is 0 Å². The molecule has 1 rings (SSSR count). The first-order chi connectivity index (χ1) is 8.29. The molecule has 1 fully saturated rings. The van der Waals surface area contributed by atoms with Crippen LogP contribution in [-0.2, 0) is 4.79 Å². The van der Waals surface area contributed by atoms with Gasteiger partial charge in [0.15, 0.2) is 0 Å². The Morgan fingerprint density at radius 2 is 1.94 bits per heavy atom. The van der Waals surface area contributed by atoms with Crippen molar-refractivity contribution in [1.82, 2.24) is 10.2 Å². The van der Waals surface area contributed by atoms with Crippen LogP contribution in [0.2, 0.25) is 0 Å². The normalized spacial score (nSPS) is 20.9. The minimum Gasteiger partial charge on any atom is -0.480 e. The van der Waals surface area contributed by atoms with Gasteiger partial charge in [0, 0.05) is 13.1 Å². The van der Waals surface area contributed by atoms with Gasteiger partial charge in [-0.05, 0) is 25.8 Å². The van der Waals surface area contributed by atoms with Crippen molar-refractivity contribution in [2.45, 2.75) is 37.9 Å². The number of likely N-dealkylation sites (tertiary alicyclic amines) is 1. The maximum absolute atomic E-state index is 12.2. The van der Waals surface area contributed by atoms with E-state index in [2.05, 4.69) is 10.2 Å². The van der Waals surface area contributed by atoms with Crippen molar-refractivity contribution >= 4 is 5.97 Å². The summed E-state index contributed by atoms with van der Waals surface area (Å²) in [6.45, 7) is 2.65. The average molecular weight is 268 g/mol. The lowest BCUT2D eigenvalue weighted by molar-refractivity contribution is -0.153. The summed E-state index contributed by atoms with van der Waals surface area (Å²) in [6, 6.07) is 0. The van der Waals surface area contributed by atoms with Crippen molar-refractivity contribution in [3.05, 3.63) is 0 Å². The number of halogens is 3. The summed E-state index contributed by atoms with van der Waals surface area (Å²) in [7, 11) is 0. The van der Waals surface area contributed by atoms with E-state index in [1.165, 1.54) is 0 Å². The molecule has 1 heterocycles. The van der Waals surface area contributed by atoms with Gasteiger partial charge in [0.2, 0.25) is 0 Å². The second kappa shape index (κ2) is 5.88. The fraction of sp³-hybridized carbons (Fsp3) is 0.909. The van der Waals surface area contributed by atoms with Gasteiger partial charge < -0.3 is 10.0 Å². The number of hydrogen-bond acceptors (Lipinski definition) is 3. The van der Waals surface area contributed by atoms with Gasteiger partial charge in [-0.3, -0.25) is 10.1 Å². The predicted octanol–water partition coefficient (Wildman–Crippen LogP) is 1.47. The van der Waals surface area contributed by atoms with Crippen LogP contribution in [0.4, 0.5) is 13.2 Å². The van der Waals surface area contributed by atoms with E-state index in [1.807, 2.05) is 6.92 Å². The number of carboxylic acid groups (broad SMARTS) is 1. The molecule has 0 unspecified atom stereocenters. The second-order valence-electron chi connectivity index (χ2n) is 4.70. The van der Waals surface area contributed by atoms with Crippen LogP contribution in [0.5, 0.6) is 0 Å². The summed E-state index contributed by atoms with van der Waals surface area (Å²) < 4.78 is 36.5.